The molecule has 6 heteroatoms. The van der Waals surface area contributed by atoms with Crippen LogP contribution in [0.15, 0.2) is 30.5 Å². The summed E-state index contributed by atoms with van der Waals surface area (Å²) in [5.74, 6) is -0.409. The highest BCUT2D eigenvalue weighted by molar-refractivity contribution is 6.35. The molecule has 0 aliphatic heterocycles. The predicted molar refractivity (Wildman–Crippen MR) is 71.2 cm³/mol. The van der Waals surface area contributed by atoms with Crippen LogP contribution in [0.5, 0.6) is 0 Å². The number of carbonyl (C=O) groups is 1. The fourth-order valence-electron chi connectivity index (χ4n) is 1.39. The van der Waals surface area contributed by atoms with Gasteiger partial charge in [-0.15, -0.1) is 0 Å². The van der Waals surface area contributed by atoms with Crippen molar-refractivity contribution in [1.29, 1.82) is 0 Å². The number of aromatic nitrogens is 2. The van der Waals surface area contributed by atoms with Crippen LogP contribution in [-0.2, 0) is 0 Å². The van der Waals surface area contributed by atoms with Crippen molar-refractivity contribution < 1.29 is 4.79 Å². The monoisotopic (exact) mass is 281 g/mol. The third-order valence-electron chi connectivity index (χ3n) is 2.18. The number of hydrogen-bond acceptors (Lipinski definition) is 3. The van der Waals surface area contributed by atoms with Gasteiger partial charge in [-0.3, -0.25) is 9.78 Å². The Morgan fingerprint density at radius 3 is 2.78 bits per heavy atom. The van der Waals surface area contributed by atoms with Crippen molar-refractivity contribution in [2.75, 3.05) is 5.32 Å². The summed E-state index contributed by atoms with van der Waals surface area (Å²) in [4.78, 5) is 19.9. The molecule has 0 fully saturated rings. The molecule has 2 aromatic heterocycles. The Morgan fingerprint density at radius 1 is 1.28 bits per heavy atom. The van der Waals surface area contributed by atoms with E-state index >= 15 is 0 Å². The van der Waals surface area contributed by atoms with Crippen molar-refractivity contribution in [2.24, 2.45) is 0 Å². The first kappa shape index (κ1) is 12.8. The molecule has 0 aliphatic carbocycles. The van der Waals surface area contributed by atoms with Crippen LogP contribution in [-0.4, -0.2) is 15.9 Å². The summed E-state index contributed by atoms with van der Waals surface area (Å²) in [7, 11) is 0. The summed E-state index contributed by atoms with van der Waals surface area (Å²) in [6.45, 7) is 1.83. The first-order chi connectivity index (χ1) is 8.56. The van der Waals surface area contributed by atoms with Gasteiger partial charge >= 0.3 is 0 Å². The molecule has 0 atom stereocenters. The molecule has 2 aromatic rings. The van der Waals surface area contributed by atoms with E-state index < -0.39 is 5.91 Å². The van der Waals surface area contributed by atoms with E-state index in [2.05, 4.69) is 15.3 Å². The summed E-state index contributed by atoms with van der Waals surface area (Å²) in [5.41, 5.74) is 1.53. The molecule has 4 nitrogen and oxygen atoms in total. The molecule has 92 valence electrons. The first-order valence-electron chi connectivity index (χ1n) is 5.12. The molecule has 0 saturated carbocycles. The molecule has 2 heterocycles. The predicted octanol–water partition coefficient (Wildman–Crippen LogP) is 3.34. The minimum atomic E-state index is -0.409. The number of halogens is 2. The molecule has 2 rings (SSSR count). The van der Waals surface area contributed by atoms with Crippen molar-refractivity contribution in [1.82, 2.24) is 9.97 Å². The Balaban J connectivity index is 2.24. The van der Waals surface area contributed by atoms with Gasteiger partial charge in [0, 0.05) is 17.6 Å². The molecular weight excluding hydrogens is 273 g/mol. The van der Waals surface area contributed by atoms with E-state index in [0.717, 1.165) is 5.69 Å². The van der Waals surface area contributed by atoms with Crippen molar-refractivity contribution in [3.8, 4) is 0 Å². The number of rotatable bonds is 2. The lowest BCUT2D eigenvalue weighted by Crippen LogP contribution is -2.14. The van der Waals surface area contributed by atoms with Crippen LogP contribution in [0.2, 0.25) is 10.2 Å². The normalized spacial score (nSPS) is 10.2. The van der Waals surface area contributed by atoms with Crippen LogP contribution in [0.4, 0.5) is 5.69 Å². The molecule has 0 bridgehead atoms. The molecule has 0 aliphatic rings. The highest BCUT2D eigenvalue weighted by Gasteiger charge is 2.13. The molecule has 18 heavy (non-hydrogen) atoms. The van der Waals surface area contributed by atoms with Gasteiger partial charge in [0.15, 0.2) is 0 Å². The second kappa shape index (κ2) is 5.33. The van der Waals surface area contributed by atoms with E-state index in [1.165, 1.54) is 12.1 Å². The van der Waals surface area contributed by atoms with Crippen molar-refractivity contribution in [3.05, 3.63) is 52.0 Å². The average Bonchev–Trinajstić information content (AvgIpc) is 2.32. The summed E-state index contributed by atoms with van der Waals surface area (Å²) in [6.07, 6.45) is 1.61. The zero-order chi connectivity index (χ0) is 13.1. The van der Waals surface area contributed by atoms with Crippen molar-refractivity contribution >= 4 is 34.8 Å². The lowest BCUT2D eigenvalue weighted by molar-refractivity contribution is 0.102. The van der Waals surface area contributed by atoms with Crippen LogP contribution in [0.1, 0.15) is 16.2 Å². The minimum Gasteiger partial charge on any atom is -0.320 e. The van der Waals surface area contributed by atoms with Crippen LogP contribution in [0, 0.1) is 6.92 Å². The number of amides is 1. The van der Waals surface area contributed by atoms with Gasteiger partial charge in [0.1, 0.15) is 10.8 Å². The highest BCUT2D eigenvalue weighted by atomic mass is 35.5. The number of pyridine rings is 2. The van der Waals surface area contributed by atoms with Gasteiger partial charge < -0.3 is 5.32 Å². The fraction of sp³-hybridized carbons (Fsp3) is 0.0833. The third kappa shape index (κ3) is 2.97. The quantitative estimate of drug-likeness (QED) is 0.859. The molecule has 0 radical (unpaired) electrons. The van der Waals surface area contributed by atoms with E-state index in [9.17, 15) is 4.79 Å². The molecule has 1 amide bonds. The van der Waals surface area contributed by atoms with Gasteiger partial charge in [0.05, 0.1) is 5.02 Å². The lowest BCUT2D eigenvalue weighted by Gasteiger charge is -2.06. The number of anilines is 1. The lowest BCUT2D eigenvalue weighted by atomic mass is 10.3. The van der Waals surface area contributed by atoms with Crippen LogP contribution in [0.25, 0.3) is 0 Å². The number of hydrogen-bond donors (Lipinski definition) is 1. The Morgan fingerprint density at radius 2 is 2.06 bits per heavy atom. The summed E-state index contributed by atoms with van der Waals surface area (Å²) in [6, 6.07) is 6.49. The van der Waals surface area contributed by atoms with E-state index in [0.29, 0.717) is 5.69 Å². The standard InChI is InChI=1S/C12H9Cl2N3O/c1-7-6-8(4-5-15-7)16-12(18)11-9(13)2-3-10(14)17-11/h2-6H,1H3,(H,15,16,18). The maximum absolute atomic E-state index is 12.0. The SMILES string of the molecule is Cc1cc(NC(=O)c2nc(Cl)ccc2Cl)ccn1. The molecule has 0 spiro atoms. The van der Waals surface area contributed by atoms with E-state index in [1.54, 1.807) is 18.3 Å². The minimum absolute atomic E-state index is 0.0960. The van der Waals surface area contributed by atoms with Crippen molar-refractivity contribution in [2.45, 2.75) is 6.92 Å². The fourth-order valence-corrected chi connectivity index (χ4v) is 1.73. The highest BCUT2D eigenvalue weighted by Crippen LogP contribution is 2.18. The van der Waals surface area contributed by atoms with Crippen LogP contribution in [0.3, 0.4) is 0 Å². The van der Waals surface area contributed by atoms with Gasteiger partial charge in [0.2, 0.25) is 0 Å². The van der Waals surface area contributed by atoms with Gasteiger partial charge in [-0.05, 0) is 31.2 Å². The van der Waals surface area contributed by atoms with Crippen LogP contribution >= 0.6 is 23.2 Å². The number of nitrogens with zero attached hydrogens (tertiary/aromatic N) is 2. The van der Waals surface area contributed by atoms with E-state index in [1.807, 2.05) is 6.92 Å². The second-order valence-corrected chi connectivity index (χ2v) is 4.40. The zero-order valence-corrected chi connectivity index (χ0v) is 11.0. The molecule has 0 aromatic carbocycles. The largest absolute Gasteiger partial charge is 0.320 e. The maximum Gasteiger partial charge on any atom is 0.275 e. The average molecular weight is 282 g/mol. The van der Waals surface area contributed by atoms with Gasteiger partial charge in [-0.1, -0.05) is 23.2 Å². The van der Waals surface area contributed by atoms with Gasteiger partial charge in [-0.25, -0.2) is 4.98 Å². The smallest absolute Gasteiger partial charge is 0.275 e. The van der Waals surface area contributed by atoms with Crippen LogP contribution < -0.4 is 5.32 Å². The summed E-state index contributed by atoms with van der Waals surface area (Å²) < 4.78 is 0. The van der Waals surface area contributed by atoms with Gasteiger partial charge in [0.25, 0.3) is 5.91 Å². The number of carbonyl (C=O) groups excluding carboxylic acids is 1. The number of aryl methyl sites for hydroxylation is 1. The summed E-state index contributed by atoms with van der Waals surface area (Å²) >= 11 is 11.6. The maximum atomic E-state index is 12.0. The molecular formula is C12H9Cl2N3O. The zero-order valence-electron chi connectivity index (χ0n) is 9.45. The first-order valence-corrected chi connectivity index (χ1v) is 5.88. The second-order valence-electron chi connectivity index (χ2n) is 3.60. The molecule has 0 unspecified atom stereocenters. The summed E-state index contributed by atoms with van der Waals surface area (Å²) in [5, 5.41) is 3.15. The van der Waals surface area contributed by atoms with E-state index in [4.69, 9.17) is 23.2 Å². The van der Waals surface area contributed by atoms with Gasteiger partial charge in [-0.2, -0.15) is 0 Å². The van der Waals surface area contributed by atoms with E-state index in [-0.39, 0.29) is 15.9 Å². The topological polar surface area (TPSA) is 54.9 Å². The Labute approximate surface area is 114 Å². The number of nitrogens with one attached hydrogen (secondary N) is 1. The van der Waals surface area contributed by atoms with Crippen molar-refractivity contribution in [3.63, 3.8) is 0 Å². The Kier molecular flexibility index (Phi) is 3.79. The third-order valence-corrected chi connectivity index (χ3v) is 2.70. The molecule has 1 N–H and O–H groups in total. The Bertz CT molecular complexity index is 602. The Hall–Kier alpha value is -1.65. The molecule has 0 saturated heterocycles.